The summed E-state index contributed by atoms with van der Waals surface area (Å²) in [5.41, 5.74) is 5.80. The van der Waals surface area contributed by atoms with Crippen LogP contribution in [0.2, 0.25) is 0 Å². The Balaban J connectivity index is 1.99. The van der Waals surface area contributed by atoms with Gasteiger partial charge >= 0.3 is 0 Å². The highest BCUT2D eigenvalue weighted by Gasteiger charge is 2.32. The molecule has 1 amide bonds. The lowest BCUT2D eigenvalue weighted by Gasteiger charge is -2.20. The lowest BCUT2D eigenvalue weighted by Crippen LogP contribution is -2.43. The number of hydrogen-bond acceptors (Lipinski definition) is 4. The number of nitrogen functional groups attached to an aromatic ring is 1. The maximum atomic E-state index is 12.0. The second kappa shape index (κ2) is 4.99. The van der Waals surface area contributed by atoms with Crippen molar-refractivity contribution in [2.45, 2.75) is 25.5 Å². The van der Waals surface area contributed by atoms with Crippen LogP contribution in [0.4, 0.5) is 5.69 Å². The maximum absolute atomic E-state index is 12.0. The Kier molecular flexibility index (Phi) is 3.58. The van der Waals surface area contributed by atoms with E-state index in [4.69, 9.17) is 10.5 Å². The summed E-state index contributed by atoms with van der Waals surface area (Å²) < 4.78 is 6.90. The van der Waals surface area contributed by atoms with Crippen LogP contribution in [-0.2, 0) is 11.3 Å². The summed E-state index contributed by atoms with van der Waals surface area (Å²) in [5, 5.41) is 12.8. The Hall–Kier alpha value is -1.53. The molecule has 1 aliphatic heterocycles. The number of carbonyl (C=O) groups excluding carboxylic acids is 1. The molecule has 0 saturated carbocycles. The summed E-state index contributed by atoms with van der Waals surface area (Å²) in [6, 6.07) is 1.63. The molecule has 1 saturated heterocycles. The van der Waals surface area contributed by atoms with E-state index in [1.165, 1.54) is 0 Å². The van der Waals surface area contributed by atoms with Crippen molar-refractivity contribution >= 4 is 11.6 Å². The molecule has 1 atom stereocenters. The highest BCUT2D eigenvalue weighted by atomic mass is 16.5. The Labute approximate surface area is 106 Å². The first-order valence-corrected chi connectivity index (χ1v) is 6.08. The van der Waals surface area contributed by atoms with E-state index in [1.54, 1.807) is 16.8 Å². The van der Waals surface area contributed by atoms with Crippen LogP contribution >= 0.6 is 0 Å². The van der Waals surface area contributed by atoms with Crippen LogP contribution in [0.25, 0.3) is 0 Å². The molecule has 0 spiro atoms. The first-order valence-electron chi connectivity index (χ1n) is 6.08. The van der Waals surface area contributed by atoms with E-state index in [2.05, 4.69) is 5.32 Å². The molecule has 100 valence electrons. The van der Waals surface area contributed by atoms with Gasteiger partial charge < -0.3 is 25.5 Å². The van der Waals surface area contributed by atoms with E-state index in [-0.39, 0.29) is 19.1 Å². The van der Waals surface area contributed by atoms with Crippen molar-refractivity contribution in [3.8, 4) is 0 Å². The van der Waals surface area contributed by atoms with E-state index in [0.29, 0.717) is 31.0 Å². The normalized spacial score (nSPS) is 23.2. The van der Waals surface area contributed by atoms with Crippen molar-refractivity contribution in [2.24, 2.45) is 0 Å². The molecule has 0 radical (unpaired) electrons. The lowest BCUT2D eigenvalue weighted by atomic mass is 10.0. The Morgan fingerprint density at radius 3 is 3.11 bits per heavy atom. The average molecular weight is 253 g/mol. The topological polar surface area (TPSA) is 89.5 Å². The number of nitrogens with zero attached hydrogens (tertiary/aromatic N) is 1. The van der Waals surface area contributed by atoms with Crippen LogP contribution < -0.4 is 11.1 Å². The van der Waals surface area contributed by atoms with Gasteiger partial charge in [0.15, 0.2) is 0 Å². The van der Waals surface area contributed by atoms with E-state index in [0.717, 1.165) is 0 Å². The van der Waals surface area contributed by atoms with Crippen molar-refractivity contribution in [1.82, 2.24) is 9.88 Å². The Morgan fingerprint density at radius 1 is 1.72 bits per heavy atom. The smallest absolute Gasteiger partial charge is 0.268 e. The van der Waals surface area contributed by atoms with Gasteiger partial charge in [0.1, 0.15) is 11.3 Å². The number of carbonyl (C=O) groups is 1. The molecule has 1 aliphatic rings. The number of ether oxygens (including phenoxy) is 1. The summed E-state index contributed by atoms with van der Waals surface area (Å²) in [6.45, 7) is 3.61. The van der Waals surface area contributed by atoms with E-state index in [9.17, 15) is 9.90 Å². The van der Waals surface area contributed by atoms with Crippen molar-refractivity contribution < 1.29 is 14.6 Å². The predicted molar refractivity (Wildman–Crippen MR) is 67.2 cm³/mol. The standard InChI is InChI=1S/C12H19N3O3/c1-2-15-6-9(13)5-10(15)11(16)14-7-12(17)3-4-18-8-12/h5-6,17H,2-4,7-8,13H2,1H3,(H,14,16). The molecule has 1 unspecified atom stereocenters. The molecule has 4 N–H and O–H groups in total. The number of amides is 1. The van der Waals surface area contributed by atoms with Crippen molar-refractivity contribution in [2.75, 3.05) is 25.5 Å². The van der Waals surface area contributed by atoms with Crippen LogP contribution in [0, 0.1) is 0 Å². The summed E-state index contributed by atoms with van der Waals surface area (Å²) in [5.74, 6) is -0.228. The molecule has 1 aromatic rings. The zero-order valence-electron chi connectivity index (χ0n) is 10.5. The van der Waals surface area contributed by atoms with Crippen LogP contribution in [0.5, 0.6) is 0 Å². The summed E-state index contributed by atoms with van der Waals surface area (Å²) >= 11 is 0. The van der Waals surface area contributed by atoms with Gasteiger partial charge in [-0.05, 0) is 13.0 Å². The van der Waals surface area contributed by atoms with Gasteiger partial charge in [-0.25, -0.2) is 0 Å². The lowest BCUT2D eigenvalue weighted by molar-refractivity contribution is 0.0263. The fraction of sp³-hybridized carbons (Fsp3) is 0.583. The number of anilines is 1. The van der Waals surface area contributed by atoms with Gasteiger partial charge in [0, 0.05) is 32.3 Å². The third-order valence-corrected chi connectivity index (χ3v) is 3.15. The van der Waals surface area contributed by atoms with Crippen molar-refractivity contribution in [3.63, 3.8) is 0 Å². The molecule has 2 rings (SSSR count). The monoisotopic (exact) mass is 253 g/mol. The van der Waals surface area contributed by atoms with Gasteiger partial charge in [-0.15, -0.1) is 0 Å². The Bertz CT molecular complexity index is 436. The average Bonchev–Trinajstić information content (AvgIpc) is 2.93. The molecule has 6 nitrogen and oxygen atoms in total. The van der Waals surface area contributed by atoms with Gasteiger partial charge in [-0.1, -0.05) is 0 Å². The summed E-state index contributed by atoms with van der Waals surface area (Å²) in [4.78, 5) is 12.0. The highest BCUT2D eigenvalue weighted by molar-refractivity contribution is 5.93. The van der Waals surface area contributed by atoms with Gasteiger partial charge in [-0.2, -0.15) is 0 Å². The minimum atomic E-state index is -0.940. The van der Waals surface area contributed by atoms with Crippen molar-refractivity contribution in [1.29, 1.82) is 0 Å². The van der Waals surface area contributed by atoms with Crippen LogP contribution in [0.1, 0.15) is 23.8 Å². The van der Waals surface area contributed by atoms with Gasteiger partial charge in [-0.3, -0.25) is 4.79 Å². The minimum Gasteiger partial charge on any atom is -0.397 e. The second-order valence-electron chi connectivity index (χ2n) is 4.65. The molecular formula is C12H19N3O3. The largest absolute Gasteiger partial charge is 0.397 e. The third kappa shape index (κ3) is 2.65. The molecule has 2 heterocycles. The maximum Gasteiger partial charge on any atom is 0.268 e. The van der Waals surface area contributed by atoms with Gasteiger partial charge in [0.05, 0.1) is 12.3 Å². The third-order valence-electron chi connectivity index (χ3n) is 3.15. The first-order chi connectivity index (χ1) is 8.54. The zero-order valence-corrected chi connectivity index (χ0v) is 10.5. The molecule has 6 heteroatoms. The zero-order chi connectivity index (χ0) is 13.2. The number of nitrogens with one attached hydrogen (secondary N) is 1. The molecule has 0 aromatic carbocycles. The number of aliphatic hydroxyl groups is 1. The number of hydrogen-bond donors (Lipinski definition) is 3. The highest BCUT2D eigenvalue weighted by Crippen LogP contribution is 2.17. The molecule has 0 bridgehead atoms. The van der Waals surface area contributed by atoms with E-state index in [1.807, 2.05) is 6.92 Å². The minimum absolute atomic E-state index is 0.195. The molecule has 1 aromatic heterocycles. The van der Waals surface area contributed by atoms with Crippen LogP contribution in [0.3, 0.4) is 0 Å². The predicted octanol–water partition coefficient (Wildman–Crippen LogP) is -0.0286. The fourth-order valence-corrected chi connectivity index (χ4v) is 2.06. The van der Waals surface area contributed by atoms with Gasteiger partial charge in [0.25, 0.3) is 5.91 Å². The SMILES string of the molecule is CCn1cc(N)cc1C(=O)NCC1(O)CCOC1. The van der Waals surface area contributed by atoms with Crippen LogP contribution in [-0.4, -0.2) is 40.9 Å². The number of aromatic nitrogens is 1. The summed E-state index contributed by atoms with van der Waals surface area (Å²) in [6.07, 6.45) is 2.27. The molecule has 1 fully saturated rings. The van der Waals surface area contributed by atoms with E-state index < -0.39 is 5.60 Å². The van der Waals surface area contributed by atoms with Crippen molar-refractivity contribution in [3.05, 3.63) is 18.0 Å². The van der Waals surface area contributed by atoms with E-state index >= 15 is 0 Å². The number of aryl methyl sites for hydroxylation is 1. The van der Waals surface area contributed by atoms with Crippen LogP contribution in [0.15, 0.2) is 12.3 Å². The van der Waals surface area contributed by atoms with Gasteiger partial charge in [0.2, 0.25) is 0 Å². The number of nitrogens with two attached hydrogens (primary N) is 1. The second-order valence-corrected chi connectivity index (χ2v) is 4.65. The first kappa shape index (κ1) is 12.9. The number of rotatable bonds is 4. The molecular weight excluding hydrogens is 234 g/mol. The molecule has 18 heavy (non-hydrogen) atoms. The quantitative estimate of drug-likeness (QED) is 0.703. The Morgan fingerprint density at radius 2 is 2.50 bits per heavy atom. The summed E-state index contributed by atoms with van der Waals surface area (Å²) in [7, 11) is 0. The molecule has 0 aliphatic carbocycles. The fourth-order valence-electron chi connectivity index (χ4n) is 2.06.